The van der Waals surface area contributed by atoms with E-state index in [0.717, 1.165) is 24.2 Å². The van der Waals surface area contributed by atoms with Crippen LogP contribution in [0, 0.1) is 5.82 Å². The van der Waals surface area contributed by atoms with E-state index in [0.29, 0.717) is 6.54 Å². The molecule has 3 nitrogen and oxygen atoms in total. The fourth-order valence-electron chi connectivity index (χ4n) is 2.86. The molecule has 0 unspecified atom stereocenters. The third-order valence-corrected chi connectivity index (χ3v) is 4.49. The SMILES string of the molecule is CC(C)(C(=O)NCc1ccc2c(c1)CNC2)c1ccc(F)cc1.Cl. The molecule has 1 aliphatic heterocycles. The fraction of sp³-hybridized carbons (Fsp3) is 0.316. The van der Waals surface area contributed by atoms with E-state index in [2.05, 4.69) is 28.8 Å². The number of fused-ring (bicyclic) bond motifs is 1. The molecule has 3 rings (SSSR count). The molecule has 1 amide bonds. The summed E-state index contributed by atoms with van der Waals surface area (Å²) in [6.07, 6.45) is 0. The van der Waals surface area contributed by atoms with Crippen LogP contribution in [0.15, 0.2) is 42.5 Å². The highest BCUT2D eigenvalue weighted by Crippen LogP contribution is 2.24. The van der Waals surface area contributed by atoms with Gasteiger partial charge in [0.15, 0.2) is 0 Å². The highest BCUT2D eigenvalue weighted by Gasteiger charge is 2.29. The van der Waals surface area contributed by atoms with Crippen LogP contribution in [0.4, 0.5) is 4.39 Å². The van der Waals surface area contributed by atoms with Crippen molar-refractivity contribution in [1.82, 2.24) is 10.6 Å². The molecule has 24 heavy (non-hydrogen) atoms. The van der Waals surface area contributed by atoms with Crippen molar-refractivity contribution >= 4 is 18.3 Å². The van der Waals surface area contributed by atoms with Gasteiger partial charge in [-0.1, -0.05) is 30.3 Å². The molecule has 0 aromatic heterocycles. The lowest BCUT2D eigenvalue weighted by molar-refractivity contribution is -0.125. The molecule has 1 aliphatic rings. The zero-order chi connectivity index (χ0) is 16.4. The van der Waals surface area contributed by atoms with Crippen molar-refractivity contribution in [2.45, 2.75) is 38.9 Å². The van der Waals surface area contributed by atoms with Crippen molar-refractivity contribution in [2.24, 2.45) is 0 Å². The van der Waals surface area contributed by atoms with E-state index in [1.165, 1.54) is 23.3 Å². The van der Waals surface area contributed by atoms with Crippen LogP contribution in [-0.2, 0) is 29.8 Å². The molecule has 0 spiro atoms. The fourth-order valence-corrected chi connectivity index (χ4v) is 2.86. The molecule has 128 valence electrons. The second-order valence-electron chi connectivity index (χ2n) is 6.52. The Morgan fingerprint density at radius 3 is 2.50 bits per heavy atom. The largest absolute Gasteiger partial charge is 0.351 e. The minimum absolute atomic E-state index is 0. The van der Waals surface area contributed by atoms with E-state index < -0.39 is 5.41 Å². The predicted octanol–water partition coefficient (Wildman–Crippen LogP) is 3.44. The van der Waals surface area contributed by atoms with Crippen LogP contribution in [0.5, 0.6) is 0 Å². The predicted molar refractivity (Wildman–Crippen MR) is 95.5 cm³/mol. The van der Waals surface area contributed by atoms with Crippen LogP contribution in [0.3, 0.4) is 0 Å². The van der Waals surface area contributed by atoms with Gasteiger partial charge in [0.05, 0.1) is 5.41 Å². The Morgan fingerprint density at radius 1 is 1.12 bits per heavy atom. The molecule has 2 aromatic carbocycles. The van der Waals surface area contributed by atoms with Crippen molar-refractivity contribution in [3.63, 3.8) is 0 Å². The lowest BCUT2D eigenvalue weighted by Crippen LogP contribution is -2.39. The maximum absolute atomic E-state index is 13.0. The van der Waals surface area contributed by atoms with E-state index >= 15 is 0 Å². The van der Waals surface area contributed by atoms with Gasteiger partial charge in [-0.3, -0.25) is 4.79 Å². The molecule has 0 saturated heterocycles. The number of rotatable bonds is 4. The van der Waals surface area contributed by atoms with Crippen LogP contribution in [0.1, 0.15) is 36.1 Å². The van der Waals surface area contributed by atoms with Crippen LogP contribution in [0.2, 0.25) is 0 Å². The Kier molecular flexibility index (Phi) is 5.62. The first kappa shape index (κ1) is 18.4. The zero-order valence-electron chi connectivity index (χ0n) is 13.9. The van der Waals surface area contributed by atoms with Gasteiger partial charge in [0.1, 0.15) is 5.82 Å². The van der Waals surface area contributed by atoms with Crippen molar-refractivity contribution in [2.75, 3.05) is 0 Å². The molecule has 0 aliphatic carbocycles. The van der Waals surface area contributed by atoms with Gasteiger partial charge in [0, 0.05) is 19.6 Å². The molecule has 0 radical (unpaired) electrons. The normalized spacial score (nSPS) is 13.1. The lowest BCUT2D eigenvalue weighted by Gasteiger charge is -2.24. The van der Waals surface area contributed by atoms with Crippen molar-refractivity contribution < 1.29 is 9.18 Å². The third kappa shape index (κ3) is 3.77. The lowest BCUT2D eigenvalue weighted by atomic mass is 9.83. The summed E-state index contributed by atoms with van der Waals surface area (Å²) in [7, 11) is 0. The quantitative estimate of drug-likeness (QED) is 0.888. The van der Waals surface area contributed by atoms with Gasteiger partial charge < -0.3 is 10.6 Å². The van der Waals surface area contributed by atoms with Crippen LogP contribution >= 0.6 is 12.4 Å². The molecule has 0 fully saturated rings. The molecule has 0 saturated carbocycles. The van der Waals surface area contributed by atoms with Gasteiger partial charge in [-0.2, -0.15) is 0 Å². The number of carbonyl (C=O) groups excluding carboxylic acids is 1. The molecule has 0 atom stereocenters. The van der Waals surface area contributed by atoms with E-state index in [1.807, 2.05) is 13.8 Å². The summed E-state index contributed by atoms with van der Waals surface area (Å²) in [6, 6.07) is 12.4. The molecule has 1 heterocycles. The Labute approximate surface area is 148 Å². The molecular weight excluding hydrogens is 327 g/mol. The van der Waals surface area contributed by atoms with Gasteiger partial charge >= 0.3 is 0 Å². The summed E-state index contributed by atoms with van der Waals surface area (Å²) >= 11 is 0. The first-order chi connectivity index (χ1) is 11.0. The van der Waals surface area contributed by atoms with E-state index in [-0.39, 0.29) is 24.1 Å². The number of carbonyl (C=O) groups is 1. The Morgan fingerprint density at radius 2 is 1.79 bits per heavy atom. The molecule has 2 N–H and O–H groups in total. The Balaban J connectivity index is 0.00000208. The zero-order valence-corrected chi connectivity index (χ0v) is 14.7. The van der Waals surface area contributed by atoms with Crippen LogP contribution in [-0.4, -0.2) is 5.91 Å². The smallest absolute Gasteiger partial charge is 0.230 e. The average Bonchev–Trinajstić information content (AvgIpc) is 3.00. The molecule has 0 bridgehead atoms. The number of benzene rings is 2. The summed E-state index contributed by atoms with van der Waals surface area (Å²) in [5.41, 5.74) is 3.82. The molecule has 5 heteroatoms. The number of nitrogens with one attached hydrogen (secondary N) is 2. The topological polar surface area (TPSA) is 41.1 Å². The first-order valence-corrected chi connectivity index (χ1v) is 7.82. The van der Waals surface area contributed by atoms with Crippen molar-refractivity contribution in [3.05, 3.63) is 70.5 Å². The highest BCUT2D eigenvalue weighted by molar-refractivity contribution is 5.87. The second-order valence-corrected chi connectivity index (χ2v) is 6.52. The minimum Gasteiger partial charge on any atom is -0.351 e. The number of hydrogen-bond donors (Lipinski definition) is 2. The third-order valence-electron chi connectivity index (χ3n) is 4.49. The first-order valence-electron chi connectivity index (χ1n) is 7.82. The summed E-state index contributed by atoms with van der Waals surface area (Å²) in [6.45, 7) is 6.00. The summed E-state index contributed by atoms with van der Waals surface area (Å²) in [5, 5.41) is 6.30. The van der Waals surface area contributed by atoms with Gasteiger partial charge in [-0.25, -0.2) is 4.39 Å². The second kappa shape index (κ2) is 7.32. The molecular formula is C19H22ClFN2O. The van der Waals surface area contributed by atoms with E-state index in [9.17, 15) is 9.18 Å². The standard InChI is InChI=1S/C19H21FN2O.ClH/c1-19(2,16-5-7-17(20)8-6-16)18(23)22-10-13-3-4-14-11-21-12-15(14)9-13;/h3-9,21H,10-12H2,1-2H3,(H,22,23);1H. The Bertz CT molecular complexity index is 729. The van der Waals surface area contributed by atoms with E-state index in [4.69, 9.17) is 0 Å². The van der Waals surface area contributed by atoms with Gasteiger partial charge in [-0.15, -0.1) is 12.4 Å². The maximum atomic E-state index is 13.0. The monoisotopic (exact) mass is 348 g/mol. The van der Waals surface area contributed by atoms with E-state index in [1.54, 1.807) is 12.1 Å². The van der Waals surface area contributed by atoms with Gasteiger partial charge in [0.2, 0.25) is 5.91 Å². The van der Waals surface area contributed by atoms with Gasteiger partial charge in [-0.05, 0) is 48.2 Å². The maximum Gasteiger partial charge on any atom is 0.230 e. The van der Waals surface area contributed by atoms with Crippen molar-refractivity contribution in [3.8, 4) is 0 Å². The van der Waals surface area contributed by atoms with Crippen molar-refractivity contribution in [1.29, 1.82) is 0 Å². The summed E-state index contributed by atoms with van der Waals surface area (Å²) in [4.78, 5) is 12.5. The Hall–Kier alpha value is -1.91. The number of amides is 1. The highest BCUT2D eigenvalue weighted by atomic mass is 35.5. The summed E-state index contributed by atoms with van der Waals surface area (Å²) in [5.74, 6) is -0.362. The average molecular weight is 349 g/mol. The number of hydrogen-bond acceptors (Lipinski definition) is 2. The summed E-state index contributed by atoms with van der Waals surface area (Å²) < 4.78 is 13.0. The van der Waals surface area contributed by atoms with Crippen LogP contribution in [0.25, 0.3) is 0 Å². The van der Waals surface area contributed by atoms with Crippen LogP contribution < -0.4 is 10.6 Å². The van der Waals surface area contributed by atoms with Gasteiger partial charge in [0.25, 0.3) is 0 Å². The number of halogens is 2. The molecule has 2 aromatic rings. The minimum atomic E-state index is -0.702.